The zero-order valence-electron chi connectivity index (χ0n) is 14.8. The highest BCUT2D eigenvalue weighted by Crippen LogP contribution is 2.35. The van der Waals surface area contributed by atoms with E-state index < -0.39 is 8.07 Å². The molecule has 1 atom stereocenters. The Labute approximate surface area is 140 Å². The lowest BCUT2D eigenvalue weighted by Crippen LogP contribution is -2.47. The maximum atomic E-state index is 14.1. The number of pyridine rings is 1. The maximum absolute atomic E-state index is 14.1. The number of hydrogen-bond donors (Lipinski definition) is 1. The first-order chi connectivity index (χ1) is 10.8. The maximum Gasteiger partial charge on any atom is 0.145 e. The van der Waals surface area contributed by atoms with Gasteiger partial charge in [0.2, 0.25) is 0 Å². The molecule has 1 aromatic heterocycles. The van der Waals surface area contributed by atoms with Gasteiger partial charge in [-0.25, -0.2) is 4.39 Å². The summed E-state index contributed by atoms with van der Waals surface area (Å²) >= 11 is 0. The molecule has 1 aromatic rings. The van der Waals surface area contributed by atoms with Crippen molar-refractivity contribution in [3.63, 3.8) is 0 Å². The summed E-state index contributed by atoms with van der Waals surface area (Å²) in [7, 11) is -1.07. The van der Waals surface area contributed by atoms with Crippen molar-refractivity contribution in [2.45, 2.75) is 57.4 Å². The highest BCUT2D eigenvalue weighted by Gasteiger charge is 2.38. The zero-order chi connectivity index (χ0) is 17.1. The molecule has 1 heterocycles. The molecule has 3 nitrogen and oxygen atoms in total. The van der Waals surface area contributed by atoms with Crippen molar-refractivity contribution < 1.29 is 9.13 Å². The number of halogens is 1. The molecule has 0 aliphatic heterocycles. The predicted octanol–water partition coefficient (Wildman–Crippen LogP) is 3.84. The molecule has 0 amide bonds. The van der Waals surface area contributed by atoms with Gasteiger partial charge in [0.25, 0.3) is 0 Å². The molecule has 128 valence electrons. The van der Waals surface area contributed by atoms with Crippen LogP contribution in [0.3, 0.4) is 0 Å². The molecule has 1 aliphatic carbocycles. The summed E-state index contributed by atoms with van der Waals surface area (Å²) in [5.74, 6) is -0.196. The number of hydrogen-bond acceptors (Lipinski definition) is 3. The largest absolute Gasteiger partial charge is 0.367 e. The highest BCUT2D eigenvalue weighted by atomic mass is 28.3. The van der Waals surface area contributed by atoms with Crippen LogP contribution in [-0.2, 0) is 17.6 Å². The van der Waals surface area contributed by atoms with Crippen LogP contribution in [0.2, 0.25) is 25.7 Å². The lowest BCUT2D eigenvalue weighted by Gasteiger charge is -2.29. The van der Waals surface area contributed by atoms with Crippen LogP contribution >= 0.6 is 0 Å². The second-order valence-corrected chi connectivity index (χ2v) is 13.4. The van der Waals surface area contributed by atoms with E-state index in [4.69, 9.17) is 4.74 Å². The lowest BCUT2D eigenvalue weighted by atomic mass is 9.91. The minimum Gasteiger partial charge on any atom is -0.367 e. The second kappa shape index (κ2) is 7.24. The smallest absolute Gasteiger partial charge is 0.145 e. The number of ether oxygens (including phenoxy) is 1. The fourth-order valence-corrected chi connectivity index (χ4v) is 3.87. The van der Waals surface area contributed by atoms with E-state index in [0.717, 1.165) is 42.3 Å². The molecule has 1 N–H and O–H groups in total. The van der Waals surface area contributed by atoms with E-state index in [2.05, 4.69) is 36.5 Å². The third-order valence-corrected chi connectivity index (χ3v) is 6.28. The number of rotatable bonds is 8. The van der Waals surface area contributed by atoms with Crippen LogP contribution in [0.25, 0.3) is 0 Å². The molecule has 0 saturated heterocycles. The van der Waals surface area contributed by atoms with Crippen molar-refractivity contribution in [3.05, 3.63) is 41.5 Å². The minimum atomic E-state index is -1.07. The summed E-state index contributed by atoms with van der Waals surface area (Å²) in [6.07, 6.45) is 5.48. The van der Waals surface area contributed by atoms with Crippen LogP contribution in [0.15, 0.2) is 18.9 Å². The summed E-state index contributed by atoms with van der Waals surface area (Å²) in [5, 5.41) is 3.51. The van der Waals surface area contributed by atoms with Gasteiger partial charge in [-0.05, 0) is 43.4 Å². The number of nitrogens with one attached hydrogen (secondary N) is 1. The average Bonchev–Trinajstić information content (AvgIpc) is 2.83. The second-order valence-electron chi connectivity index (χ2n) is 7.82. The van der Waals surface area contributed by atoms with Gasteiger partial charge in [0.15, 0.2) is 0 Å². The third-order valence-electron chi connectivity index (χ3n) is 4.57. The number of aromatic nitrogens is 1. The molecule has 5 heteroatoms. The monoisotopic (exact) mass is 336 g/mol. The minimum absolute atomic E-state index is 0.196. The van der Waals surface area contributed by atoms with E-state index in [9.17, 15) is 4.39 Å². The molecule has 0 fully saturated rings. The molecular weight excluding hydrogens is 307 g/mol. The standard InChI is InChI=1S/C18H29FN2OSi/c1-6-7-18(21-13-22-8-9-23(3,4)5)10-15-14(2)20-12-17(19)16(15)11-18/h6,12,21H,1,7-11,13H2,2-5H3. The summed E-state index contributed by atoms with van der Waals surface area (Å²) in [4.78, 5) is 4.16. The van der Waals surface area contributed by atoms with Crippen LogP contribution in [0.5, 0.6) is 0 Å². The van der Waals surface area contributed by atoms with Gasteiger partial charge in [-0.15, -0.1) is 6.58 Å². The average molecular weight is 337 g/mol. The summed E-state index contributed by atoms with van der Waals surface area (Å²) in [5.41, 5.74) is 2.57. The van der Waals surface area contributed by atoms with E-state index >= 15 is 0 Å². The first-order valence-electron chi connectivity index (χ1n) is 8.33. The summed E-state index contributed by atoms with van der Waals surface area (Å²) < 4.78 is 19.9. The van der Waals surface area contributed by atoms with Crippen LogP contribution in [0.1, 0.15) is 23.2 Å². The van der Waals surface area contributed by atoms with Crippen molar-refractivity contribution in [1.29, 1.82) is 0 Å². The number of fused-ring (bicyclic) bond motifs is 1. The van der Waals surface area contributed by atoms with Crippen LogP contribution in [0.4, 0.5) is 4.39 Å². The van der Waals surface area contributed by atoms with Crippen molar-refractivity contribution in [2.24, 2.45) is 0 Å². The normalized spacial score (nSPS) is 20.6. The zero-order valence-corrected chi connectivity index (χ0v) is 15.8. The molecule has 0 spiro atoms. The number of nitrogens with zero attached hydrogens (tertiary/aromatic N) is 1. The van der Waals surface area contributed by atoms with Crippen molar-refractivity contribution in [2.75, 3.05) is 13.3 Å². The Hall–Kier alpha value is -1.04. The molecule has 2 rings (SSSR count). The van der Waals surface area contributed by atoms with E-state index in [1.54, 1.807) is 0 Å². The summed E-state index contributed by atoms with van der Waals surface area (Å²) in [6, 6.07) is 1.15. The number of aryl methyl sites for hydroxylation is 1. The van der Waals surface area contributed by atoms with Gasteiger partial charge >= 0.3 is 0 Å². The van der Waals surface area contributed by atoms with E-state index in [0.29, 0.717) is 13.2 Å². The Morgan fingerprint density at radius 3 is 2.70 bits per heavy atom. The predicted molar refractivity (Wildman–Crippen MR) is 96.0 cm³/mol. The molecule has 0 aromatic carbocycles. The Kier molecular flexibility index (Phi) is 5.76. The molecule has 0 radical (unpaired) electrons. The van der Waals surface area contributed by atoms with Crippen molar-refractivity contribution >= 4 is 8.07 Å². The van der Waals surface area contributed by atoms with Crippen molar-refractivity contribution in [3.8, 4) is 0 Å². The Morgan fingerprint density at radius 2 is 2.09 bits per heavy atom. The first-order valence-corrected chi connectivity index (χ1v) is 12.0. The highest BCUT2D eigenvalue weighted by molar-refractivity contribution is 6.76. The lowest BCUT2D eigenvalue weighted by molar-refractivity contribution is 0.0996. The van der Waals surface area contributed by atoms with E-state index in [1.807, 2.05) is 13.0 Å². The Bertz CT molecular complexity index is 538. The van der Waals surface area contributed by atoms with Crippen LogP contribution in [-0.4, -0.2) is 31.9 Å². The van der Waals surface area contributed by atoms with Gasteiger partial charge in [0.05, 0.1) is 12.9 Å². The van der Waals surface area contributed by atoms with Gasteiger partial charge in [0, 0.05) is 25.9 Å². The molecule has 0 bridgehead atoms. The van der Waals surface area contributed by atoms with Gasteiger partial charge in [-0.1, -0.05) is 25.7 Å². The van der Waals surface area contributed by atoms with Gasteiger partial charge in [-0.2, -0.15) is 0 Å². The third kappa shape index (κ3) is 4.72. The van der Waals surface area contributed by atoms with Gasteiger partial charge in [-0.3, -0.25) is 10.3 Å². The van der Waals surface area contributed by atoms with Gasteiger partial charge in [0.1, 0.15) is 5.82 Å². The fraction of sp³-hybridized carbons (Fsp3) is 0.611. The topological polar surface area (TPSA) is 34.1 Å². The first kappa shape index (κ1) is 18.3. The quantitative estimate of drug-likeness (QED) is 0.339. The SMILES string of the molecule is C=CCC1(NCOCC[Si](C)(C)C)Cc2c(F)cnc(C)c2C1. The Morgan fingerprint density at radius 1 is 1.39 bits per heavy atom. The molecule has 0 saturated carbocycles. The fourth-order valence-electron chi connectivity index (χ4n) is 3.11. The van der Waals surface area contributed by atoms with E-state index in [1.165, 1.54) is 6.20 Å². The Balaban J connectivity index is 1.98. The van der Waals surface area contributed by atoms with Crippen LogP contribution < -0.4 is 5.32 Å². The van der Waals surface area contributed by atoms with Crippen molar-refractivity contribution in [1.82, 2.24) is 10.3 Å². The summed E-state index contributed by atoms with van der Waals surface area (Å²) in [6.45, 7) is 14.1. The molecule has 23 heavy (non-hydrogen) atoms. The van der Waals surface area contributed by atoms with Gasteiger partial charge < -0.3 is 4.74 Å². The molecular formula is C18H29FN2OSi. The molecule has 1 aliphatic rings. The van der Waals surface area contributed by atoms with E-state index in [-0.39, 0.29) is 11.4 Å². The van der Waals surface area contributed by atoms with Crippen LogP contribution in [0, 0.1) is 12.7 Å². The molecule has 1 unspecified atom stereocenters.